The predicted octanol–water partition coefficient (Wildman–Crippen LogP) is 4.26. The molecule has 0 aliphatic carbocycles. The van der Waals surface area contributed by atoms with Gasteiger partial charge in [-0.05, 0) is 35.9 Å². The van der Waals surface area contributed by atoms with E-state index in [-0.39, 0.29) is 11.5 Å². The van der Waals surface area contributed by atoms with E-state index < -0.39 is 0 Å². The summed E-state index contributed by atoms with van der Waals surface area (Å²) in [6, 6.07) is 25.8. The van der Waals surface area contributed by atoms with Crippen LogP contribution in [0.2, 0.25) is 0 Å². The van der Waals surface area contributed by atoms with Gasteiger partial charge >= 0.3 is 0 Å². The van der Waals surface area contributed by atoms with Crippen LogP contribution in [0.1, 0.15) is 15.9 Å². The van der Waals surface area contributed by atoms with E-state index in [1.54, 1.807) is 7.05 Å². The molecule has 0 atom stereocenters. The van der Waals surface area contributed by atoms with Crippen LogP contribution in [-0.2, 0) is 13.6 Å². The van der Waals surface area contributed by atoms with Crippen LogP contribution in [0.15, 0.2) is 89.7 Å². The number of carbonyl (C=O) groups is 1. The quantitative estimate of drug-likeness (QED) is 0.559. The van der Waals surface area contributed by atoms with Gasteiger partial charge in [0.15, 0.2) is 0 Å². The molecule has 0 unspecified atom stereocenters. The second kappa shape index (κ2) is 8.02. The van der Waals surface area contributed by atoms with Crippen LogP contribution in [0.3, 0.4) is 0 Å². The fourth-order valence-electron chi connectivity index (χ4n) is 3.22. The number of aromatic nitrogens is 1. The van der Waals surface area contributed by atoms with Crippen LogP contribution in [-0.4, -0.2) is 10.5 Å². The minimum absolute atomic E-state index is 0.216. The summed E-state index contributed by atoms with van der Waals surface area (Å²) in [7, 11) is 1.70. The Balaban J connectivity index is 1.52. The second-order valence-electron chi connectivity index (χ2n) is 6.72. The highest BCUT2D eigenvalue weighted by Crippen LogP contribution is 2.22. The Morgan fingerprint density at radius 1 is 0.897 bits per heavy atom. The zero-order valence-corrected chi connectivity index (χ0v) is 16.0. The van der Waals surface area contributed by atoms with Gasteiger partial charge in [-0.15, -0.1) is 0 Å². The third kappa shape index (κ3) is 4.04. The Morgan fingerprint density at radius 3 is 2.45 bits per heavy atom. The Bertz CT molecular complexity index is 1230. The number of para-hydroxylation sites is 2. The molecule has 29 heavy (non-hydrogen) atoms. The number of amides is 1. The number of nitrogens with one attached hydrogen (secondary N) is 1. The van der Waals surface area contributed by atoms with Crippen molar-refractivity contribution in [2.24, 2.45) is 7.05 Å². The summed E-state index contributed by atoms with van der Waals surface area (Å²) in [6.07, 6.45) is 0. The molecule has 3 aromatic carbocycles. The van der Waals surface area contributed by atoms with Crippen LogP contribution < -0.4 is 15.6 Å². The average molecular weight is 384 g/mol. The number of nitrogens with zero attached hydrogens (tertiary/aromatic N) is 1. The Labute approximate surface area is 168 Å². The highest BCUT2D eigenvalue weighted by molar-refractivity contribution is 6.06. The van der Waals surface area contributed by atoms with E-state index in [1.165, 1.54) is 10.6 Å². The molecule has 0 spiro atoms. The summed E-state index contributed by atoms with van der Waals surface area (Å²) in [6.45, 7) is 0.328. The van der Waals surface area contributed by atoms with Crippen LogP contribution in [0.4, 0.5) is 0 Å². The van der Waals surface area contributed by atoms with E-state index in [0.717, 1.165) is 22.2 Å². The first-order valence-corrected chi connectivity index (χ1v) is 9.30. The number of fused-ring (bicyclic) bond motifs is 1. The molecule has 144 valence electrons. The SMILES string of the molecule is Cn1c(=O)cc(C(=O)NCc2cccc(Oc3ccccc3)c2)c2ccccc21. The fourth-order valence-corrected chi connectivity index (χ4v) is 3.22. The van der Waals surface area contributed by atoms with Gasteiger partial charge in [-0.1, -0.05) is 48.5 Å². The maximum atomic E-state index is 12.8. The number of hydrogen-bond acceptors (Lipinski definition) is 3. The lowest BCUT2D eigenvalue weighted by molar-refractivity contribution is 0.0952. The van der Waals surface area contributed by atoms with Crippen molar-refractivity contribution in [1.82, 2.24) is 9.88 Å². The van der Waals surface area contributed by atoms with Crippen molar-refractivity contribution in [3.8, 4) is 11.5 Å². The van der Waals surface area contributed by atoms with E-state index in [1.807, 2.05) is 78.9 Å². The summed E-state index contributed by atoms with van der Waals surface area (Å²) in [5.74, 6) is 1.16. The first kappa shape index (κ1) is 18.5. The molecule has 0 saturated heterocycles. The number of benzene rings is 3. The highest BCUT2D eigenvalue weighted by atomic mass is 16.5. The number of pyridine rings is 1. The number of rotatable bonds is 5. The lowest BCUT2D eigenvalue weighted by atomic mass is 10.1. The number of ether oxygens (including phenoxy) is 1. The van der Waals surface area contributed by atoms with E-state index in [9.17, 15) is 9.59 Å². The van der Waals surface area contributed by atoms with Crippen molar-refractivity contribution < 1.29 is 9.53 Å². The van der Waals surface area contributed by atoms with Crippen LogP contribution in [0, 0.1) is 0 Å². The predicted molar refractivity (Wildman–Crippen MR) is 113 cm³/mol. The third-order valence-electron chi connectivity index (χ3n) is 4.73. The maximum absolute atomic E-state index is 12.8. The molecule has 1 N–H and O–H groups in total. The van der Waals surface area contributed by atoms with Gasteiger partial charge in [0.2, 0.25) is 0 Å². The van der Waals surface area contributed by atoms with Gasteiger partial charge in [0.05, 0.1) is 11.1 Å². The molecule has 0 fully saturated rings. The van der Waals surface area contributed by atoms with Crippen LogP contribution >= 0.6 is 0 Å². The second-order valence-corrected chi connectivity index (χ2v) is 6.72. The van der Waals surface area contributed by atoms with Crippen molar-refractivity contribution in [3.05, 3.63) is 106 Å². The molecule has 4 rings (SSSR count). The van der Waals surface area contributed by atoms with Gasteiger partial charge in [-0.2, -0.15) is 0 Å². The molecule has 0 bridgehead atoms. The van der Waals surface area contributed by atoms with Gasteiger partial charge < -0.3 is 14.6 Å². The normalized spacial score (nSPS) is 10.7. The highest BCUT2D eigenvalue weighted by Gasteiger charge is 2.13. The standard InChI is InChI=1S/C24H20N2O3/c1-26-22-13-6-5-12-20(22)21(15-23(26)27)24(28)25-16-17-8-7-11-19(14-17)29-18-9-3-2-4-10-18/h2-15H,16H2,1H3,(H,25,28). The number of hydrogen-bond donors (Lipinski definition) is 1. The van der Waals surface area contributed by atoms with Gasteiger partial charge in [0.1, 0.15) is 11.5 Å². The first-order valence-electron chi connectivity index (χ1n) is 9.30. The largest absolute Gasteiger partial charge is 0.457 e. The summed E-state index contributed by atoms with van der Waals surface area (Å²) in [4.78, 5) is 25.0. The molecule has 1 aromatic heterocycles. The average Bonchev–Trinajstić information content (AvgIpc) is 2.75. The molecule has 1 heterocycles. The molecule has 0 aliphatic rings. The smallest absolute Gasteiger partial charge is 0.252 e. The van der Waals surface area contributed by atoms with Gasteiger partial charge in [0.25, 0.3) is 11.5 Å². The lowest BCUT2D eigenvalue weighted by Crippen LogP contribution is -2.26. The molecule has 0 aliphatic heterocycles. The lowest BCUT2D eigenvalue weighted by Gasteiger charge is -2.11. The molecule has 1 amide bonds. The first-order chi connectivity index (χ1) is 14.1. The van der Waals surface area contributed by atoms with Crippen molar-refractivity contribution >= 4 is 16.8 Å². The van der Waals surface area contributed by atoms with E-state index in [0.29, 0.717) is 17.9 Å². The molecule has 5 heteroatoms. The summed E-state index contributed by atoms with van der Waals surface area (Å²) in [5.41, 5.74) is 1.79. The fraction of sp³-hybridized carbons (Fsp3) is 0.0833. The molecule has 5 nitrogen and oxygen atoms in total. The van der Waals surface area contributed by atoms with Crippen molar-refractivity contribution in [2.75, 3.05) is 0 Å². The van der Waals surface area contributed by atoms with E-state index in [2.05, 4.69) is 5.32 Å². The summed E-state index contributed by atoms with van der Waals surface area (Å²) >= 11 is 0. The van der Waals surface area contributed by atoms with Gasteiger partial charge in [0, 0.05) is 25.0 Å². The molecule has 0 radical (unpaired) electrons. The monoisotopic (exact) mass is 384 g/mol. The van der Waals surface area contributed by atoms with Crippen molar-refractivity contribution in [3.63, 3.8) is 0 Å². The summed E-state index contributed by atoms with van der Waals surface area (Å²) < 4.78 is 7.38. The van der Waals surface area contributed by atoms with Crippen molar-refractivity contribution in [1.29, 1.82) is 0 Å². The van der Waals surface area contributed by atoms with Gasteiger partial charge in [-0.25, -0.2) is 0 Å². The van der Waals surface area contributed by atoms with Crippen LogP contribution in [0.5, 0.6) is 11.5 Å². The topological polar surface area (TPSA) is 60.3 Å². The maximum Gasteiger partial charge on any atom is 0.252 e. The number of aryl methyl sites for hydroxylation is 1. The zero-order chi connectivity index (χ0) is 20.2. The Kier molecular flexibility index (Phi) is 5.12. The minimum Gasteiger partial charge on any atom is -0.457 e. The van der Waals surface area contributed by atoms with Crippen LogP contribution in [0.25, 0.3) is 10.9 Å². The Morgan fingerprint density at radius 2 is 1.62 bits per heavy atom. The van der Waals surface area contributed by atoms with Crippen molar-refractivity contribution in [2.45, 2.75) is 6.54 Å². The van der Waals surface area contributed by atoms with E-state index in [4.69, 9.17) is 4.74 Å². The molecule has 0 saturated carbocycles. The zero-order valence-electron chi connectivity index (χ0n) is 16.0. The van der Waals surface area contributed by atoms with Gasteiger partial charge in [-0.3, -0.25) is 9.59 Å². The number of carbonyl (C=O) groups excluding carboxylic acids is 1. The van der Waals surface area contributed by atoms with E-state index >= 15 is 0 Å². The third-order valence-corrected chi connectivity index (χ3v) is 4.73. The molecule has 4 aromatic rings. The summed E-state index contributed by atoms with van der Waals surface area (Å²) in [5, 5.41) is 3.65. The molecular formula is C24H20N2O3. The molecular weight excluding hydrogens is 364 g/mol. The Hall–Kier alpha value is -3.86. The minimum atomic E-state index is -0.284.